The van der Waals surface area contributed by atoms with E-state index in [1.54, 1.807) is 13.1 Å². The first-order valence-electron chi connectivity index (χ1n) is 11.0. The summed E-state index contributed by atoms with van der Waals surface area (Å²) in [6.45, 7) is 5.94. The third-order valence-electron chi connectivity index (χ3n) is 5.27. The predicted molar refractivity (Wildman–Crippen MR) is 131 cm³/mol. The van der Waals surface area contributed by atoms with Crippen LogP contribution in [0.5, 0.6) is 0 Å². The Morgan fingerprint density at radius 3 is 2.47 bits per heavy atom. The first-order chi connectivity index (χ1) is 15.9. The maximum absolute atomic E-state index is 12.3. The Morgan fingerprint density at radius 1 is 1.12 bits per heavy atom. The van der Waals surface area contributed by atoms with Gasteiger partial charge in [-0.05, 0) is 36.0 Å². The number of hydrogen-bond acceptors (Lipinski definition) is 9. The van der Waals surface area contributed by atoms with Gasteiger partial charge in [-0.3, -0.25) is 9.52 Å². The Morgan fingerprint density at radius 2 is 1.82 bits per heavy atom. The van der Waals surface area contributed by atoms with Gasteiger partial charge in [0.25, 0.3) is 5.56 Å². The molecule has 0 aliphatic carbocycles. The van der Waals surface area contributed by atoms with E-state index in [2.05, 4.69) is 30.0 Å². The quantitative estimate of drug-likeness (QED) is 0.386. The number of rotatable bonds is 10. The van der Waals surface area contributed by atoms with E-state index in [-0.39, 0.29) is 36.0 Å². The second kappa shape index (κ2) is 10.4. The minimum atomic E-state index is -3.60. The van der Waals surface area contributed by atoms with Crippen LogP contribution in [0.3, 0.4) is 0 Å². The van der Waals surface area contributed by atoms with E-state index >= 15 is 0 Å². The highest BCUT2D eigenvalue weighted by atomic mass is 32.2. The second-order valence-corrected chi connectivity index (χ2v) is 10.7. The molecule has 0 radical (unpaired) electrons. The Labute approximate surface area is 198 Å². The largest absolute Gasteiger partial charge is 0.394 e. The van der Waals surface area contributed by atoms with Crippen molar-refractivity contribution >= 4 is 32.8 Å². The van der Waals surface area contributed by atoms with Gasteiger partial charge in [0.15, 0.2) is 0 Å². The van der Waals surface area contributed by atoms with Crippen molar-refractivity contribution in [3.8, 4) is 0 Å². The van der Waals surface area contributed by atoms with E-state index in [1.165, 1.54) is 10.9 Å². The first kappa shape index (κ1) is 25.5. The average molecular weight is 490 g/mol. The zero-order valence-corrected chi connectivity index (χ0v) is 20.8. The molecule has 12 heteroatoms. The molecule has 3 aromatic rings. The lowest BCUT2D eigenvalue weighted by atomic mass is 9.96. The van der Waals surface area contributed by atoms with Gasteiger partial charge < -0.3 is 15.0 Å². The molecule has 2 atom stereocenters. The summed E-state index contributed by atoms with van der Waals surface area (Å²) in [5, 5.41) is 13.3. The Kier molecular flexibility index (Phi) is 7.82. The van der Waals surface area contributed by atoms with Crippen molar-refractivity contribution < 1.29 is 13.5 Å². The SMILES string of the molecule is CC(C)CC(CO)Nc1nc(CC(C)c2ccc3c(=O)n(C)cnc3c2)nc(NS(C)(=O)=O)n1. The fourth-order valence-electron chi connectivity index (χ4n) is 3.64. The number of nitrogens with zero attached hydrogens (tertiary/aromatic N) is 5. The molecule has 184 valence electrons. The fourth-order valence-corrected chi connectivity index (χ4v) is 4.07. The van der Waals surface area contributed by atoms with Gasteiger partial charge >= 0.3 is 0 Å². The van der Waals surface area contributed by atoms with E-state index in [9.17, 15) is 18.3 Å². The van der Waals surface area contributed by atoms with Gasteiger partial charge in [-0.2, -0.15) is 15.0 Å². The molecule has 34 heavy (non-hydrogen) atoms. The zero-order valence-electron chi connectivity index (χ0n) is 20.0. The third kappa shape index (κ3) is 6.70. The van der Waals surface area contributed by atoms with Gasteiger partial charge in [0.2, 0.25) is 21.9 Å². The minimum absolute atomic E-state index is 0.0547. The number of aromatic nitrogens is 5. The van der Waals surface area contributed by atoms with Crippen molar-refractivity contribution in [1.82, 2.24) is 24.5 Å². The summed E-state index contributed by atoms with van der Waals surface area (Å²) in [5.41, 5.74) is 1.42. The van der Waals surface area contributed by atoms with Crippen LogP contribution in [-0.4, -0.2) is 56.9 Å². The van der Waals surface area contributed by atoms with Crippen molar-refractivity contribution in [2.75, 3.05) is 22.9 Å². The molecule has 0 fully saturated rings. The molecule has 0 amide bonds. The molecular formula is C22H31N7O4S. The maximum atomic E-state index is 12.3. The number of nitrogens with one attached hydrogen (secondary N) is 2. The highest BCUT2D eigenvalue weighted by molar-refractivity contribution is 7.91. The molecule has 0 bridgehead atoms. The van der Waals surface area contributed by atoms with E-state index in [0.717, 1.165) is 11.8 Å². The highest BCUT2D eigenvalue weighted by Gasteiger charge is 2.17. The van der Waals surface area contributed by atoms with Gasteiger partial charge in [-0.15, -0.1) is 0 Å². The molecule has 3 N–H and O–H groups in total. The molecule has 2 unspecified atom stereocenters. The van der Waals surface area contributed by atoms with Crippen LogP contribution in [0.4, 0.5) is 11.9 Å². The van der Waals surface area contributed by atoms with Crippen LogP contribution in [-0.2, 0) is 23.5 Å². The van der Waals surface area contributed by atoms with E-state index in [1.807, 2.05) is 32.9 Å². The Bertz CT molecular complexity index is 1320. The van der Waals surface area contributed by atoms with Crippen LogP contribution in [0.1, 0.15) is 44.5 Å². The number of sulfonamides is 1. The summed E-state index contributed by atoms with van der Waals surface area (Å²) in [7, 11) is -1.94. The number of aryl methyl sites for hydroxylation is 1. The van der Waals surface area contributed by atoms with Crippen LogP contribution in [0, 0.1) is 5.92 Å². The molecular weight excluding hydrogens is 458 g/mol. The topological polar surface area (TPSA) is 152 Å². The second-order valence-electron chi connectivity index (χ2n) is 8.97. The van der Waals surface area contributed by atoms with Crippen molar-refractivity contribution in [2.45, 2.75) is 45.6 Å². The summed E-state index contributed by atoms with van der Waals surface area (Å²) in [6, 6.07) is 5.21. The number of aliphatic hydroxyl groups is 1. The molecule has 0 saturated carbocycles. The molecule has 0 aliphatic heterocycles. The Hall–Kier alpha value is -3.12. The Balaban J connectivity index is 1.91. The monoisotopic (exact) mass is 489 g/mol. The molecule has 2 aromatic heterocycles. The van der Waals surface area contributed by atoms with E-state index < -0.39 is 10.0 Å². The van der Waals surface area contributed by atoms with Crippen molar-refractivity contribution in [3.63, 3.8) is 0 Å². The summed E-state index contributed by atoms with van der Waals surface area (Å²) >= 11 is 0. The number of hydrogen-bond donors (Lipinski definition) is 3. The molecule has 0 saturated heterocycles. The summed E-state index contributed by atoms with van der Waals surface area (Å²) in [4.78, 5) is 29.5. The molecule has 3 rings (SSSR count). The number of benzene rings is 1. The van der Waals surface area contributed by atoms with Gasteiger partial charge in [0.05, 0.1) is 36.1 Å². The van der Waals surface area contributed by atoms with Crippen LogP contribution in [0.2, 0.25) is 0 Å². The normalized spacial score (nSPS) is 13.7. The lowest BCUT2D eigenvalue weighted by molar-refractivity contribution is 0.259. The van der Waals surface area contributed by atoms with Gasteiger partial charge in [-0.1, -0.05) is 26.8 Å². The standard InChI is InChI=1S/C22H31N7O4S/c1-13(2)8-16(11-30)24-21-25-19(26-22(27-21)28-34(5,32)33)9-14(3)15-6-7-17-18(10-15)23-12-29(4)20(17)31/h6-7,10,12-14,16,30H,8-9,11H2,1-5H3,(H2,24,25,26,27,28). The van der Waals surface area contributed by atoms with Crippen molar-refractivity contribution in [2.24, 2.45) is 13.0 Å². The first-order valence-corrected chi connectivity index (χ1v) is 12.9. The number of aliphatic hydroxyl groups excluding tert-OH is 1. The summed E-state index contributed by atoms with van der Waals surface area (Å²) in [5.74, 6) is 0.757. The average Bonchev–Trinajstić information content (AvgIpc) is 2.74. The molecule has 1 aromatic carbocycles. The lowest BCUT2D eigenvalue weighted by Crippen LogP contribution is -2.27. The third-order valence-corrected chi connectivity index (χ3v) is 5.82. The van der Waals surface area contributed by atoms with Gasteiger partial charge in [-0.25, -0.2) is 13.4 Å². The van der Waals surface area contributed by atoms with Gasteiger partial charge in [0, 0.05) is 13.5 Å². The molecule has 2 heterocycles. The molecule has 0 spiro atoms. The van der Waals surface area contributed by atoms with Crippen molar-refractivity contribution in [3.05, 3.63) is 46.3 Å². The predicted octanol–water partition coefficient (Wildman–Crippen LogP) is 1.66. The molecule has 0 aliphatic rings. The lowest BCUT2D eigenvalue weighted by Gasteiger charge is -2.19. The number of anilines is 2. The van der Waals surface area contributed by atoms with Crippen LogP contribution >= 0.6 is 0 Å². The van der Waals surface area contributed by atoms with Crippen LogP contribution in [0.15, 0.2) is 29.3 Å². The summed E-state index contributed by atoms with van der Waals surface area (Å²) < 4.78 is 27.3. The van der Waals surface area contributed by atoms with Gasteiger partial charge in [0.1, 0.15) is 5.82 Å². The molecule has 11 nitrogen and oxygen atoms in total. The van der Waals surface area contributed by atoms with Crippen LogP contribution < -0.4 is 15.6 Å². The van der Waals surface area contributed by atoms with E-state index in [4.69, 9.17) is 0 Å². The number of fused-ring (bicyclic) bond motifs is 1. The minimum Gasteiger partial charge on any atom is -0.394 e. The van der Waals surface area contributed by atoms with E-state index in [0.29, 0.717) is 35.5 Å². The zero-order chi connectivity index (χ0) is 25.0. The maximum Gasteiger partial charge on any atom is 0.260 e. The van der Waals surface area contributed by atoms with Crippen molar-refractivity contribution in [1.29, 1.82) is 0 Å². The highest BCUT2D eigenvalue weighted by Crippen LogP contribution is 2.23. The van der Waals surface area contributed by atoms with Crippen LogP contribution in [0.25, 0.3) is 10.9 Å². The fraction of sp³-hybridized carbons (Fsp3) is 0.500. The summed E-state index contributed by atoms with van der Waals surface area (Å²) in [6.07, 6.45) is 3.58. The smallest absolute Gasteiger partial charge is 0.260 e.